The average molecular weight is 251 g/mol. The van der Waals surface area contributed by atoms with Crippen molar-refractivity contribution in [3.8, 4) is 5.88 Å². The molecule has 0 aromatic carbocycles. The molecule has 18 heavy (non-hydrogen) atoms. The topological polar surface area (TPSA) is 56.3 Å². The van der Waals surface area contributed by atoms with Gasteiger partial charge in [0.25, 0.3) is 0 Å². The van der Waals surface area contributed by atoms with Crippen molar-refractivity contribution < 1.29 is 9.47 Å². The van der Waals surface area contributed by atoms with Crippen LogP contribution in [0.4, 0.5) is 5.95 Å². The maximum Gasteiger partial charge on any atom is 0.225 e. The van der Waals surface area contributed by atoms with Gasteiger partial charge in [0.15, 0.2) is 0 Å². The second-order valence-corrected chi connectivity index (χ2v) is 4.74. The Labute approximate surface area is 108 Å². The van der Waals surface area contributed by atoms with E-state index in [1.807, 2.05) is 13.8 Å². The molecule has 2 heterocycles. The van der Waals surface area contributed by atoms with Gasteiger partial charge in [0, 0.05) is 25.4 Å². The first-order valence-corrected chi connectivity index (χ1v) is 6.59. The second kappa shape index (κ2) is 6.54. The van der Waals surface area contributed by atoms with E-state index >= 15 is 0 Å². The third-order valence-corrected chi connectivity index (χ3v) is 2.76. The van der Waals surface area contributed by atoms with Crippen molar-refractivity contribution in [2.45, 2.75) is 45.3 Å². The summed E-state index contributed by atoms with van der Waals surface area (Å²) in [6.45, 7) is 5.69. The molecule has 1 saturated heterocycles. The fraction of sp³-hybridized carbons (Fsp3) is 0.692. The predicted octanol–water partition coefficient (Wildman–Crippen LogP) is 2.24. The van der Waals surface area contributed by atoms with Gasteiger partial charge in [-0.15, -0.1) is 0 Å². The van der Waals surface area contributed by atoms with E-state index in [4.69, 9.17) is 9.47 Å². The third kappa shape index (κ3) is 4.14. The molecule has 0 aliphatic carbocycles. The molecule has 0 amide bonds. The van der Waals surface area contributed by atoms with Crippen molar-refractivity contribution in [3.05, 3.63) is 12.3 Å². The van der Waals surface area contributed by atoms with Gasteiger partial charge in [-0.1, -0.05) is 0 Å². The highest BCUT2D eigenvalue weighted by Crippen LogP contribution is 2.15. The van der Waals surface area contributed by atoms with Crippen LogP contribution in [0.25, 0.3) is 0 Å². The molecule has 1 unspecified atom stereocenters. The molecule has 0 saturated carbocycles. The minimum absolute atomic E-state index is 0.125. The first-order valence-electron chi connectivity index (χ1n) is 6.59. The summed E-state index contributed by atoms with van der Waals surface area (Å²) in [6.07, 6.45) is 5.57. The minimum atomic E-state index is 0.125. The lowest BCUT2D eigenvalue weighted by atomic mass is 10.2. The van der Waals surface area contributed by atoms with Crippen molar-refractivity contribution in [1.29, 1.82) is 0 Å². The van der Waals surface area contributed by atoms with Gasteiger partial charge in [-0.3, -0.25) is 0 Å². The standard InChI is InChI=1S/C13H21N3O2/c1-10(2)18-12-6-8-15-13(16-12)14-7-5-11-4-3-9-17-11/h6,8,10-11H,3-5,7,9H2,1-2H3,(H,14,15,16). The highest BCUT2D eigenvalue weighted by Gasteiger charge is 2.14. The zero-order valence-corrected chi connectivity index (χ0v) is 11.1. The predicted molar refractivity (Wildman–Crippen MR) is 69.9 cm³/mol. The fourth-order valence-corrected chi connectivity index (χ4v) is 1.95. The molecule has 1 aromatic heterocycles. The zero-order chi connectivity index (χ0) is 12.8. The van der Waals surface area contributed by atoms with E-state index in [-0.39, 0.29) is 6.10 Å². The Morgan fingerprint density at radius 1 is 1.56 bits per heavy atom. The van der Waals surface area contributed by atoms with Crippen LogP contribution in [0, 0.1) is 0 Å². The molecule has 1 fully saturated rings. The van der Waals surface area contributed by atoms with E-state index in [1.165, 1.54) is 12.8 Å². The van der Waals surface area contributed by atoms with Crippen molar-refractivity contribution in [3.63, 3.8) is 0 Å². The Morgan fingerprint density at radius 2 is 2.44 bits per heavy atom. The van der Waals surface area contributed by atoms with Crippen LogP contribution in [0.15, 0.2) is 12.3 Å². The summed E-state index contributed by atoms with van der Waals surface area (Å²) in [7, 11) is 0. The van der Waals surface area contributed by atoms with E-state index in [2.05, 4.69) is 15.3 Å². The van der Waals surface area contributed by atoms with Gasteiger partial charge in [0.1, 0.15) is 0 Å². The number of nitrogens with zero attached hydrogens (tertiary/aromatic N) is 2. The third-order valence-electron chi connectivity index (χ3n) is 2.76. The number of rotatable bonds is 6. The number of nitrogens with one attached hydrogen (secondary N) is 1. The molecule has 1 aliphatic rings. The summed E-state index contributed by atoms with van der Waals surface area (Å²) in [5.74, 6) is 1.23. The van der Waals surface area contributed by atoms with Crippen LogP contribution < -0.4 is 10.1 Å². The van der Waals surface area contributed by atoms with Crippen LogP contribution in [-0.2, 0) is 4.74 Å². The Hall–Kier alpha value is -1.36. The van der Waals surface area contributed by atoms with Crippen LogP contribution in [0.5, 0.6) is 5.88 Å². The van der Waals surface area contributed by atoms with Crippen molar-refractivity contribution in [1.82, 2.24) is 9.97 Å². The van der Waals surface area contributed by atoms with Crippen molar-refractivity contribution in [2.75, 3.05) is 18.5 Å². The molecule has 5 nitrogen and oxygen atoms in total. The molecule has 0 bridgehead atoms. The molecule has 1 atom stereocenters. The average Bonchev–Trinajstić information content (AvgIpc) is 2.82. The van der Waals surface area contributed by atoms with E-state index in [9.17, 15) is 0 Å². The van der Waals surface area contributed by atoms with Crippen LogP contribution >= 0.6 is 0 Å². The molecule has 1 N–H and O–H groups in total. The normalized spacial score (nSPS) is 19.2. The lowest BCUT2D eigenvalue weighted by Gasteiger charge is -2.11. The van der Waals surface area contributed by atoms with Gasteiger partial charge in [-0.2, -0.15) is 4.98 Å². The number of anilines is 1. The Morgan fingerprint density at radius 3 is 3.17 bits per heavy atom. The first-order chi connectivity index (χ1) is 8.74. The molecule has 0 radical (unpaired) electrons. The van der Waals surface area contributed by atoms with Gasteiger partial charge < -0.3 is 14.8 Å². The maximum absolute atomic E-state index is 5.56. The van der Waals surface area contributed by atoms with Crippen LogP contribution in [-0.4, -0.2) is 35.3 Å². The van der Waals surface area contributed by atoms with Gasteiger partial charge in [0.05, 0.1) is 12.2 Å². The molecular formula is C13H21N3O2. The zero-order valence-electron chi connectivity index (χ0n) is 11.1. The minimum Gasteiger partial charge on any atom is -0.475 e. The smallest absolute Gasteiger partial charge is 0.225 e. The molecule has 100 valence electrons. The summed E-state index contributed by atoms with van der Waals surface area (Å²) < 4.78 is 11.1. The Balaban J connectivity index is 1.77. The van der Waals surface area contributed by atoms with Crippen LogP contribution in [0.1, 0.15) is 33.1 Å². The second-order valence-electron chi connectivity index (χ2n) is 4.74. The van der Waals surface area contributed by atoms with E-state index in [0.29, 0.717) is 17.9 Å². The molecule has 1 aromatic rings. The van der Waals surface area contributed by atoms with E-state index in [1.54, 1.807) is 12.3 Å². The number of hydrogen-bond donors (Lipinski definition) is 1. The summed E-state index contributed by atoms with van der Waals surface area (Å²) in [5.41, 5.74) is 0. The number of ether oxygens (including phenoxy) is 2. The van der Waals surface area contributed by atoms with Crippen molar-refractivity contribution >= 4 is 5.95 Å². The Kier molecular flexibility index (Phi) is 4.75. The van der Waals surface area contributed by atoms with Crippen LogP contribution in [0.3, 0.4) is 0 Å². The van der Waals surface area contributed by atoms with Crippen molar-refractivity contribution in [2.24, 2.45) is 0 Å². The molecular weight excluding hydrogens is 230 g/mol. The number of hydrogen-bond acceptors (Lipinski definition) is 5. The molecule has 1 aliphatic heterocycles. The van der Waals surface area contributed by atoms with Gasteiger partial charge in [0.2, 0.25) is 11.8 Å². The van der Waals surface area contributed by atoms with Gasteiger partial charge >= 0.3 is 0 Å². The van der Waals surface area contributed by atoms with Gasteiger partial charge in [-0.05, 0) is 33.1 Å². The Bertz CT molecular complexity index is 365. The van der Waals surface area contributed by atoms with E-state index in [0.717, 1.165) is 19.6 Å². The monoisotopic (exact) mass is 251 g/mol. The fourth-order valence-electron chi connectivity index (χ4n) is 1.95. The SMILES string of the molecule is CC(C)Oc1ccnc(NCCC2CCCO2)n1. The molecule has 5 heteroatoms. The highest BCUT2D eigenvalue weighted by atomic mass is 16.5. The quantitative estimate of drug-likeness (QED) is 0.840. The molecule has 2 rings (SSSR count). The summed E-state index contributed by atoms with van der Waals surface area (Å²) in [4.78, 5) is 8.46. The van der Waals surface area contributed by atoms with E-state index < -0.39 is 0 Å². The first kappa shape index (κ1) is 13.1. The highest BCUT2D eigenvalue weighted by molar-refractivity contribution is 5.27. The largest absolute Gasteiger partial charge is 0.475 e. The summed E-state index contributed by atoms with van der Waals surface area (Å²) in [5, 5.41) is 3.20. The molecule has 0 spiro atoms. The maximum atomic E-state index is 5.56. The number of aromatic nitrogens is 2. The summed E-state index contributed by atoms with van der Waals surface area (Å²) in [6, 6.07) is 1.77. The lowest BCUT2D eigenvalue weighted by Crippen LogP contribution is -2.14. The summed E-state index contributed by atoms with van der Waals surface area (Å²) >= 11 is 0. The van der Waals surface area contributed by atoms with Crippen LogP contribution in [0.2, 0.25) is 0 Å². The lowest BCUT2D eigenvalue weighted by molar-refractivity contribution is 0.107. The van der Waals surface area contributed by atoms with Gasteiger partial charge in [-0.25, -0.2) is 4.98 Å².